The Bertz CT molecular complexity index is 1170. The first-order valence-electron chi connectivity index (χ1n) is 13.2. The van der Waals surface area contributed by atoms with Gasteiger partial charge < -0.3 is 10.6 Å². The zero-order valence-corrected chi connectivity index (χ0v) is 21.6. The van der Waals surface area contributed by atoms with Crippen LogP contribution in [-0.2, 0) is 21.7 Å². The van der Waals surface area contributed by atoms with Gasteiger partial charge >= 0.3 is 0 Å². The summed E-state index contributed by atoms with van der Waals surface area (Å²) < 4.78 is 0. The molecule has 0 radical (unpaired) electrons. The summed E-state index contributed by atoms with van der Waals surface area (Å²) in [5, 5.41) is 9.61. The molecule has 194 valence electrons. The lowest BCUT2D eigenvalue weighted by molar-refractivity contribution is -0.123. The fraction of sp³-hybridized carbons (Fsp3) is 0.212. The molecule has 0 saturated carbocycles. The Labute approximate surface area is 225 Å². The van der Waals surface area contributed by atoms with Gasteiger partial charge in [0.05, 0.1) is 5.54 Å². The van der Waals surface area contributed by atoms with Gasteiger partial charge in [0.25, 0.3) is 0 Å². The molecule has 0 aliphatic rings. The van der Waals surface area contributed by atoms with Crippen molar-refractivity contribution in [3.05, 3.63) is 144 Å². The van der Waals surface area contributed by atoms with Gasteiger partial charge in [0, 0.05) is 32.5 Å². The molecule has 0 heterocycles. The molecule has 5 heteroatoms. The minimum absolute atomic E-state index is 0.0110. The van der Waals surface area contributed by atoms with Gasteiger partial charge in [-0.15, -0.1) is 0 Å². The maximum atomic E-state index is 12.6. The third kappa shape index (κ3) is 7.17. The Kier molecular flexibility index (Phi) is 9.82. The lowest BCUT2D eigenvalue weighted by atomic mass is 9.77. The van der Waals surface area contributed by atoms with E-state index in [1.54, 1.807) is 0 Å². The molecule has 0 fully saturated rings. The van der Waals surface area contributed by atoms with E-state index < -0.39 is 5.54 Å². The Hall–Kier alpha value is -4.22. The number of amides is 2. The molecular weight excluding hydrogens is 470 g/mol. The lowest BCUT2D eigenvalue weighted by Gasteiger charge is -2.37. The van der Waals surface area contributed by atoms with E-state index in [1.165, 1.54) is 0 Å². The topological polar surface area (TPSA) is 70.2 Å². The van der Waals surface area contributed by atoms with Crippen molar-refractivity contribution in [3.8, 4) is 0 Å². The van der Waals surface area contributed by atoms with E-state index in [2.05, 4.69) is 52.3 Å². The van der Waals surface area contributed by atoms with Crippen LogP contribution in [0.2, 0.25) is 0 Å². The lowest BCUT2D eigenvalue weighted by Crippen LogP contribution is -2.46. The highest BCUT2D eigenvalue weighted by molar-refractivity contribution is 5.77. The van der Waals surface area contributed by atoms with E-state index in [1.807, 2.05) is 84.9 Å². The summed E-state index contributed by atoms with van der Waals surface area (Å²) in [5.41, 5.74) is 3.80. The van der Waals surface area contributed by atoms with Gasteiger partial charge in [0.15, 0.2) is 0 Å². The van der Waals surface area contributed by atoms with Crippen LogP contribution < -0.4 is 16.0 Å². The van der Waals surface area contributed by atoms with Crippen molar-refractivity contribution in [2.75, 3.05) is 13.1 Å². The first-order valence-corrected chi connectivity index (χ1v) is 13.2. The second kappa shape index (κ2) is 13.9. The van der Waals surface area contributed by atoms with Crippen LogP contribution in [0, 0.1) is 0 Å². The molecule has 4 aromatic carbocycles. The molecule has 0 unspecified atom stereocenters. The Morgan fingerprint density at radius 3 is 1.47 bits per heavy atom. The van der Waals surface area contributed by atoms with Gasteiger partial charge in [0.1, 0.15) is 0 Å². The number of hydrogen-bond donors (Lipinski definition) is 3. The number of hydrogen-bond acceptors (Lipinski definition) is 3. The van der Waals surface area contributed by atoms with Crippen molar-refractivity contribution in [1.29, 1.82) is 0 Å². The van der Waals surface area contributed by atoms with Gasteiger partial charge in [-0.1, -0.05) is 121 Å². The Morgan fingerprint density at radius 1 is 0.526 bits per heavy atom. The number of rotatable bonds is 13. The maximum Gasteiger partial charge on any atom is 0.221 e. The summed E-state index contributed by atoms with van der Waals surface area (Å²) in [6.45, 7) is 1.48. The van der Waals surface area contributed by atoms with E-state index >= 15 is 0 Å². The first-order chi connectivity index (χ1) is 18.7. The summed E-state index contributed by atoms with van der Waals surface area (Å²) in [7, 11) is 0. The highest BCUT2D eigenvalue weighted by Gasteiger charge is 2.35. The zero-order valence-electron chi connectivity index (χ0n) is 21.6. The van der Waals surface area contributed by atoms with Gasteiger partial charge in [-0.25, -0.2) is 0 Å². The minimum Gasteiger partial charge on any atom is -0.356 e. The third-order valence-corrected chi connectivity index (χ3v) is 6.60. The van der Waals surface area contributed by atoms with Crippen LogP contribution in [0.5, 0.6) is 0 Å². The van der Waals surface area contributed by atoms with Crippen LogP contribution in [0.1, 0.15) is 41.5 Å². The molecule has 0 aliphatic heterocycles. The smallest absolute Gasteiger partial charge is 0.221 e. The van der Waals surface area contributed by atoms with Crippen LogP contribution in [0.3, 0.4) is 0 Å². The standard InChI is InChI=1S/C33H35N3O2/c37-31(35-26-27-14-5-1-6-15-27)22-13-24-34-32(38)23-25-36-33(28-16-7-2-8-17-28,29-18-9-3-10-19-29)30-20-11-4-12-21-30/h1-12,14-21,36H,13,22-26H2,(H,34,38)(H,35,37). The molecule has 0 aromatic heterocycles. The molecular formula is C33H35N3O2. The number of benzene rings is 4. The molecule has 5 nitrogen and oxygen atoms in total. The molecule has 0 aliphatic carbocycles. The summed E-state index contributed by atoms with van der Waals surface area (Å²) in [6, 6.07) is 40.8. The number of carbonyl (C=O) groups is 2. The van der Waals surface area contributed by atoms with Crippen LogP contribution in [-0.4, -0.2) is 24.9 Å². The SMILES string of the molecule is O=C(CCNC(c1ccccc1)(c1ccccc1)c1ccccc1)NCCCC(=O)NCc1ccccc1. The van der Waals surface area contributed by atoms with Crippen molar-refractivity contribution in [2.24, 2.45) is 0 Å². The summed E-state index contributed by atoms with van der Waals surface area (Å²) in [4.78, 5) is 24.8. The second-order valence-corrected chi connectivity index (χ2v) is 9.24. The van der Waals surface area contributed by atoms with Crippen LogP contribution in [0.4, 0.5) is 0 Å². The molecule has 0 atom stereocenters. The predicted octanol–water partition coefficient (Wildman–Crippen LogP) is 5.17. The van der Waals surface area contributed by atoms with Crippen molar-refractivity contribution in [1.82, 2.24) is 16.0 Å². The average molecular weight is 506 g/mol. The highest BCUT2D eigenvalue weighted by atomic mass is 16.2. The fourth-order valence-corrected chi connectivity index (χ4v) is 4.68. The number of nitrogens with one attached hydrogen (secondary N) is 3. The summed E-state index contributed by atoms with van der Waals surface area (Å²) >= 11 is 0. The van der Waals surface area contributed by atoms with E-state index in [0.29, 0.717) is 38.9 Å². The minimum atomic E-state index is -0.596. The molecule has 3 N–H and O–H groups in total. The largest absolute Gasteiger partial charge is 0.356 e. The van der Waals surface area contributed by atoms with E-state index in [4.69, 9.17) is 0 Å². The normalized spacial score (nSPS) is 11.1. The van der Waals surface area contributed by atoms with Crippen molar-refractivity contribution in [3.63, 3.8) is 0 Å². The number of carbonyl (C=O) groups excluding carboxylic acids is 2. The van der Waals surface area contributed by atoms with Gasteiger partial charge in [-0.05, 0) is 28.7 Å². The molecule has 2 amide bonds. The van der Waals surface area contributed by atoms with E-state index in [9.17, 15) is 9.59 Å². The van der Waals surface area contributed by atoms with Crippen molar-refractivity contribution >= 4 is 11.8 Å². The molecule has 4 aromatic rings. The fourth-order valence-electron chi connectivity index (χ4n) is 4.68. The Balaban J connectivity index is 1.32. The second-order valence-electron chi connectivity index (χ2n) is 9.24. The molecule has 0 saturated heterocycles. The molecule has 0 bridgehead atoms. The monoisotopic (exact) mass is 505 g/mol. The van der Waals surface area contributed by atoms with Crippen molar-refractivity contribution < 1.29 is 9.59 Å². The first kappa shape index (κ1) is 26.8. The molecule has 0 spiro atoms. The Morgan fingerprint density at radius 2 is 0.974 bits per heavy atom. The highest BCUT2D eigenvalue weighted by Crippen LogP contribution is 2.36. The van der Waals surface area contributed by atoms with Crippen LogP contribution >= 0.6 is 0 Å². The van der Waals surface area contributed by atoms with Gasteiger partial charge in [-0.3, -0.25) is 14.9 Å². The average Bonchev–Trinajstić information content (AvgIpc) is 2.98. The molecule has 4 rings (SSSR count). The maximum absolute atomic E-state index is 12.6. The quantitative estimate of drug-likeness (QED) is 0.173. The molecule has 38 heavy (non-hydrogen) atoms. The van der Waals surface area contributed by atoms with E-state index in [-0.39, 0.29) is 11.8 Å². The predicted molar refractivity (Wildman–Crippen MR) is 152 cm³/mol. The summed E-state index contributed by atoms with van der Waals surface area (Å²) in [6.07, 6.45) is 1.31. The third-order valence-electron chi connectivity index (χ3n) is 6.60. The van der Waals surface area contributed by atoms with Gasteiger partial charge in [0.2, 0.25) is 11.8 Å². The summed E-state index contributed by atoms with van der Waals surface area (Å²) in [5.74, 6) is -0.0478. The van der Waals surface area contributed by atoms with Crippen LogP contribution in [0.25, 0.3) is 0 Å². The van der Waals surface area contributed by atoms with Gasteiger partial charge in [-0.2, -0.15) is 0 Å². The van der Waals surface area contributed by atoms with Crippen LogP contribution in [0.15, 0.2) is 121 Å². The van der Waals surface area contributed by atoms with E-state index in [0.717, 1.165) is 22.3 Å². The zero-order chi connectivity index (χ0) is 26.5. The van der Waals surface area contributed by atoms with Crippen molar-refractivity contribution in [2.45, 2.75) is 31.3 Å².